The van der Waals surface area contributed by atoms with Crippen LogP contribution in [0, 0.1) is 12.8 Å². The lowest BCUT2D eigenvalue weighted by atomic mass is 10.0. The Bertz CT molecular complexity index is 1860. The van der Waals surface area contributed by atoms with Gasteiger partial charge in [-0.25, -0.2) is 8.42 Å². The Balaban J connectivity index is 1.86. The first-order valence-electron chi connectivity index (χ1n) is 15.4. The van der Waals surface area contributed by atoms with Crippen LogP contribution in [0.3, 0.4) is 0 Å². The first kappa shape index (κ1) is 37.9. The van der Waals surface area contributed by atoms with Crippen molar-refractivity contribution in [2.75, 3.05) is 17.4 Å². The smallest absolute Gasteiger partial charge is 0.354 e. The minimum Gasteiger partial charge on any atom is -0.354 e. The van der Waals surface area contributed by atoms with E-state index >= 15 is 0 Å². The van der Waals surface area contributed by atoms with Crippen LogP contribution in [0.5, 0.6) is 0 Å². The van der Waals surface area contributed by atoms with Gasteiger partial charge >= 0.3 is 6.18 Å². The van der Waals surface area contributed by atoms with Gasteiger partial charge in [-0.05, 0) is 66.4 Å². The lowest BCUT2D eigenvalue weighted by Gasteiger charge is -2.34. The van der Waals surface area contributed by atoms with Crippen molar-refractivity contribution in [3.05, 3.63) is 129 Å². The molecule has 0 saturated carbocycles. The molecule has 49 heavy (non-hydrogen) atoms. The number of carbonyl (C=O) groups is 2. The van der Waals surface area contributed by atoms with E-state index in [1.807, 2.05) is 32.0 Å². The maximum Gasteiger partial charge on any atom is 0.417 e. The predicted molar refractivity (Wildman–Crippen MR) is 189 cm³/mol. The van der Waals surface area contributed by atoms with E-state index in [1.165, 1.54) is 17.0 Å². The number of nitrogens with zero attached hydrogens (tertiary/aromatic N) is 2. The number of rotatable bonds is 13. The van der Waals surface area contributed by atoms with E-state index < -0.39 is 56.9 Å². The van der Waals surface area contributed by atoms with Crippen LogP contribution in [0.4, 0.5) is 18.9 Å². The SMILES string of the molecule is Cc1ccc(S(=O)(=O)N(CC(=O)N(Cc2ccc(Br)cc2)C(Cc2ccccc2)C(=O)NCC(C)C)c2ccc(Cl)c(C(F)(F)F)c2)cc1. The van der Waals surface area contributed by atoms with Crippen molar-refractivity contribution >= 4 is 55.1 Å². The highest BCUT2D eigenvalue weighted by Gasteiger charge is 2.37. The molecule has 1 unspecified atom stereocenters. The minimum absolute atomic E-state index is 0.0917. The first-order chi connectivity index (χ1) is 23.1. The molecule has 2 amide bonds. The number of benzene rings is 4. The number of alkyl halides is 3. The number of sulfonamides is 1. The van der Waals surface area contributed by atoms with Gasteiger partial charge in [0.1, 0.15) is 12.6 Å². The zero-order valence-corrected chi connectivity index (χ0v) is 30.2. The third-order valence-electron chi connectivity index (χ3n) is 7.65. The summed E-state index contributed by atoms with van der Waals surface area (Å²) >= 11 is 9.28. The molecule has 4 rings (SSSR count). The monoisotopic (exact) mass is 777 g/mol. The second kappa shape index (κ2) is 16.2. The van der Waals surface area contributed by atoms with Gasteiger partial charge in [-0.15, -0.1) is 0 Å². The van der Waals surface area contributed by atoms with Crippen molar-refractivity contribution in [1.29, 1.82) is 0 Å². The lowest BCUT2D eigenvalue weighted by Crippen LogP contribution is -2.53. The summed E-state index contributed by atoms with van der Waals surface area (Å²) < 4.78 is 71.7. The second-order valence-corrected chi connectivity index (χ2v) is 15.2. The van der Waals surface area contributed by atoms with Crippen molar-refractivity contribution in [3.8, 4) is 0 Å². The molecule has 7 nitrogen and oxygen atoms in total. The summed E-state index contributed by atoms with van der Waals surface area (Å²) in [7, 11) is -4.61. The molecule has 0 aliphatic rings. The quantitative estimate of drug-likeness (QED) is 0.149. The van der Waals surface area contributed by atoms with E-state index in [1.54, 1.807) is 55.5 Å². The van der Waals surface area contributed by atoms with E-state index in [9.17, 15) is 31.2 Å². The van der Waals surface area contributed by atoms with Gasteiger partial charge in [0.25, 0.3) is 10.0 Å². The van der Waals surface area contributed by atoms with Gasteiger partial charge < -0.3 is 10.2 Å². The fourth-order valence-corrected chi connectivity index (χ4v) is 6.91. The molecule has 0 heterocycles. The Hall–Kier alpha value is -3.87. The molecule has 0 aliphatic carbocycles. The van der Waals surface area contributed by atoms with Crippen molar-refractivity contribution in [3.63, 3.8) is 0 Å². The van der Waals surface area contributed by atoms with E-state index in [0.29, 0.717) is 22.5 Å². The third-order valence-corrected chi connectivity index (χ3v) is 10.3. The molecule has 4 aromatic carbocycles. The van der Waals surface area contributed by atoms with Crippen LogP contribution in [0.25, 0.3) is 0 Å². The topological polar surface area (TPSA) is 86.8 Å². The molecule has 0 bridgehead atoms. The molecule has 0 aromatic heterocycles. The predicted octanol–water partition coefficient (Wildman–Crippen LogP) is 8.04. The fourth-order valence-electron chi connectivity index (χ4n) is 5.01. The summed E-state index contributed by atoms with van der Waals surface area (Å²) in [6.07, 6.45) is -4.81. The van der Waals surface area contributed by atoms with Crippen molar-refractivity contribution in [2.45, 2.75) is 50.9 Å². The Labute approximate surface area is 298 Å². The minimum atomic E-state index is -4.90. The average molecular weight is 779 g/mol. The molecule has 4 aromatic rings. The first-order valence-corrected chi connectivity index (χ1v) is 18.0. The Morgan fingerprint density at radius 1 is 0.898 bits per heavy atom. The van der Waals surface area contributed by atoms with E-state index in [-0.39, 0.29) is 23.8 Å². The molecular formula is C36H36BrClF3N3O4S. The number of aryl methyl sites for hydroxylation is 1. The molecule has 13 heteroatoms. The van der Waals surface area contributed by atoms with Gasteiger partial charge in [-0.2, -0.15) is 13.2 Å². The van der Waals surface area contributed by atoms with E-state index in [4.69, 9.17) is 11.6 Å². The van der Waals surface area contributed by atoms with Crippen LogP contribution in [-0.4, -0.2) is 44.3 Å². The van der Waals surface area contributed by atoms with Crippen LogP contribution in [0.1, 0.15) is 36.1 Å². The van der Waals surface area contributed by atoms with Gasteiger partial charge in [0.2, 0.25) is 11.8 Å². The number of anilines is 1. The number of carbonyl (C=O) groups excluding carboxylic acids is 2. The Kier molecular flexibility index (Phi) is 12.6. The summed E-state index contributed by atoms with van der Waals surface area (Å²) in [6.45, 7) is 4.92. The average Bonchev–Trinajstić information content (AvgIpc) is 3.05. The van der Waals surface area contributed by atoms with Gasteiger partial charge in [0.15, 0.2) is 0 Å². The molecular weight excluding hydrogens is 743 g/mol. The summed E-state index contributed by atoms with van der Waals surface area (Å²) in [5, 5.41) is 2.27. The molecule has 1 atom stereocenters. The largest absolute Gasteiger partial charge is 0.417 e. The van der Waals surface area contributed by atoms with Crippen molar-refractivity contribution in [1.82, 2.24) is 10.2 Å². The highest BCUT2D eigenvalue weighted by atomic mass is 79.9. The standard InChI is InChI=1S/C36H36BrClF3N3O4S/c1-24(2)21-42-35(46)33(19-26-7-5-4-6-8-26)43(22-27-11-13-28(37)14-12-27)34(45)23-44(49(47,48)30-16-9-25(3)10-17-30)29-15-18-32(38)31(20-29)36(39,40)41/h4-18,20,24,33H,19,21-23H2,1-3H3,(H,42,46). The second-order valence-electron chi connectivity index (χ2n) is 12.0. The van der Waals surface area contributed by atoms with Gasteiger partial charge in [-0.3, -0.25) is 13.9 Å². The zero-order valence-electron chi connectivity index (χ0n) is 27.0. The van der Waals surface area contributed by atoms with Crippen molar-refractivity contribution in [2.24, 2.45) is 5.92 Å². The highest BCUT2D eigenvalue weighted by molar-refractivity contribution is 9.10. The van der Waals surface area contributed by atoms with Crippen LogP contribution < -0.4 is 9.62 Å². The van der Waals surface area contributed by atoms with Crippen LogP contribution in [-0.2, 0) is 38.8 Å². The number of nitrogens with one attached hydrogen (secondary N) is 1. The van der Waals surface area contributed by atoms with Gasteiger partial charge in [0, 0.05) is 24.0 Å². The fraction of sp³-hybridized carbons (Fsp3) is 0.278. The van der Waals surface area contributed by atoms with Crippen LogP contribution in [0.15, 0.2) is 106 Å². The summed E-state index contributed by atoms with van der Waals surface area (Å²) in [4.78, 5) is 29.4. The zero-order chi connectivity index (χ0) is 35.9. The van der Waals surface area contributed by atoms with E-state index in [2.05, 4.69) is 21.2 Å². The molecule has 0 radical (unpaired) electrons. The Morgan fingerprint density at radius 2 is 1.53 bits per heavy atom. The lowest BCUT2D eigenvalue weighted by molar-refractivity contribution is -0.140. The maximum atomic E-state index is 14.5. The van der Waals surface area contributed by atoms with E-state index in [0.717, 1.165) is 27.7 Å². The van der Waals surface area contributed by atoms with Crippen LogP contribution >= 0.6 is 27.5 Å². The summed E-state index contributed by atoms with van der Waals surface area (Å²) in [5.41, 5.74) is 0.467. The number of hydrogen-bond acceptors (Lipinski definition) is 4. The number of amides is 2. The van der Waals surface area contributed by atoms with Crippen molar-refractivity contribution < 1.29 is 31.2 Å². The molecule has 0 aliphatic heterocycles. The third kappa shape index (κ3) is 10.1. The number of hydrogen-bond donors (Lipinski definition) is 1. The van der Waals surface area contributed by atoms with Gasteiger partial charge in [0.05, 0.1) is 21.2 Å². The maximum absolute atomic E-state index is 14.5. The molecule has 260 valence electrons. The molecule has 0 spiro atoms. The van der Waals surface area contributed by atoms with Gasteiger partial charge in [-0.1, -0.05) is 102 Å². The Morgan fingerprint density at radius 3 is 2.12 bits per heavy atom. The summed E-state index contributed by atoms with van der Waals surface area (Å²) in [6, 6.07) is 23.4. The normalized spacial score (nSPS) is 12.4. The molecule has 1 N–H and O–H groups in total. The molecule has 0 fully saturated rings. The number of halogens is 5. The summed E-state index contributed by atoms with van der Waals surface area (Å²) in [5.74, 6) is -1.16. The molecule has 0 saturated heterocycles. The highest BCUT2D eigenvalue weighted by Crippen LogP contribution is 2.38. The van der Waals surface area contributed by atoms with Crippen LogP contribution in [0.2, 0.25) is 5.02 Å².